The molecule has 1 aromatic carbocycles. The van der Waals surface area contributed by atoms with Gasteiger partial charge in [0.2, 0.25) is 0 Å². The average molecular weight is 590 g/mol. The van der Waals surface area contributed by atoms with Crippen LogP contribution in [-0.2, 0) is 20.1 Å². The molecule has 1 aliphatic heterocycles. The molecular formula is C23H24ClF4N7O3S. The Morgan fingerprint density at radius 3 is 2.41 bits per heavy atom. The van der Waals surface area contributed by atoms with Crippen molar-refractivity contribution in [2.24, 2.45) is 15.1 Å². The number of alkyl halides is 3. The number of carbonyl (C=O) groups is 1. The third-order valence-corrected chi connectivity index (χ3v) is 9.65. The number of pyridine rings is 1. The van der Waals surface area contributed by atoms with E-state index in [-0.39, 0.29) is 17.2 Å². The first-order valence-corrected chi connectivity index (χ1v) is 13.1. The number of hydrogen-bond acceptors (Lipinski definition) is 8. The average Bonchev–Trinajstić information content (AvgIpc) is 3.33. The van der Waals surface area contributed by atoms with Gasteiger partial charge in [0.1, 0.15) is 27.6 Å². The van der Waals surface area contributed by atoms with Gasteiger partial charge in [-0.15, -0.1) is 5.10 Å². The minimum atomic E-state index is -5.08. The first-order chi connectivity index (χ1) is 17.9. The van der Waals surface area contributed by atoms with Crippen LogP contribution in [0.25, 0.3) is 17.1 Å². The second-order valence-corrected chi connectivity index (χ2v) is 12.5. The Bertz CT molecular complexity index is 1550. The summed E-state index contributed by atoms with van der Waals surface area (Å²) in [6.45, 7) is 5.21. The molecule has 10 nitrogen and oxygen atoms in total. The summed E-state index contributed by atoms with van der Waals surface area (Å²) in [4.78, 5) is 17.7. The van der Waals surface area contributed by atoms with E-state index in [0.29, 0.717) is 22.1 Å². The van der Waals surface area contributed by atoms with Gasteiger partial charge in [-0.1, -0.05) is 16.8 Å². The molecule has 0 saturated carbocycles. The van der Waals surface area contributed by atoms with Crippen molar-refractivity contribution in [1.29, 1.82) is 0 Å². The molecule has 0 amide bonds. The zero-order valence-corrected chi connectivity index (χ0v) is 22.6. The van der Waals surface area contributed by atoms with E-state index in [1.807, 2.05) is 0 Å². The zero-order valence-electron chi connectivity index (χ0n) is 21.1. The monoisotopic (exact) mass is 589 g/mol. The first kappa shape index (κ1) is 30.0. The van der Waals surface area contributed by atoms with Crippen molar-refractivity contribution in [2.45, 2.75) is 37.2 Å². The van der Waals surface area contributed by atoms with Gasteiger partial charge >= 0.3 is 12.1 Å². The number of hydrogen-bond donors (Lipinski definition) is 2. The topological polar surface area (TPSA) is 149 Å². The lowest BCUT2D eigenvalue weighted by Crippen LogP contribution is -2.54. The Kier molecular flexibility index (Phi) is 8.08. The number of carboxylic acids is 1. The number of rotatable bonds is 3. The largest absolute Gasteiger partial charge is 0.490 e. The van der Waals surface area contributed by atoms with Gasteiger partial charge < -0.3 is 10.8 Å². The van der Waals surface area contributed by atoms with Crippen LogP contribution >= 0.6 is 11.6 Å². The summed E-state index contributed by atoms with van der Waals surface area (Å²) in [6.07, 6.45) is -1.89. The Labute approximate surface area is 226 Å². The van der Waals surface area contributed by atoms with Crippen LogP contribution in [0.5, 0.6) is 0 Å². The molecule has 16 heteroatoms. The predicted molar refractivity (Wildman–Crippen MR) is 138 cm³/mol. The molecule has 2 atom stereocenters. The molecule has 3 aromatic rings. The van der Waals surface area contributed by atoms with Crippen molar-refractivity contribution < 1.29 is 31.7 Å². The zero-order chi connectivity index (χ0) is 29.4. The summed E-state index contributed by atoms with van der Waals surface area (Å²) in [5, 5.41) is 15.9. The van der Waals surface area contributed by atoms with E-state index in [4.69, 9.17) is 27.2 Å². The summed E-state index contributed by atoms with van der Waals surface area (Å²) in [5.41, 5.74) is 6.46. The molecule has 4 rings (SSSR count). The lowest BCUT2D eigenvalue weighted by atomic mass is 9.91. The molecule has 0 fully saturated rings. The molecule has 39 heavy (non-hydrogen) atoms. The maximum Gasteiger partial charge on any atom is 0.490 e. The summed E-state index contributed by atoms with van der Waals surface area (Å²) in [5.74, 6) is -2.46. The van der Waals surface area contributed by atoms with E-state index in [9.17, 15) is 17.4 Å². The molecule has 1 unspecified atom stereocenters. The van der Waals surface area contributed by atoms with Crippen molar-refractivity contribution in [3.05, 3.63) is 59.1 Å². The highest BCUT2D eigenvalue weighted by Gasteiger charge is 2.47. The highest BCUT2D eigenvalue weighted by Crippen LogP contribution is 2.39. The fourth-order valence-corrected chi connectivity index (χ4v) is 6.11. The molecule has 3 heterocycles. The van der Waals surface area contributed by atoms with Crippen LogP contribution in [0.2, 0.25) is 5.02 Å². The molecule has 2 aromatic heterocycles. The summed E-state index contributed by atoms with van der Waals surface area (Å²) in [6, 6.07) is 8.00. The number of carboxylic acid groups (broad SMARTS) is 1. The van der Waals surface area contributed by atoms with E-state index >= 15 is 4.39 Å². The van der Waals surface area contributed by atoms with E-state index in [1.165, 1.54) is 24.0 Å². The van der Waals surface area contributed by atoms with Crippen LogP contribution in [0.3, 0.4) is 0 Å². The molecule has 1 aliphatic rings. The maximum absolute atomic E-state index is 15.0. The number of aliphatic imine (C=N–C) groups is 1. The highest BCUT2D eigenvalue weighted by atomic mass is 35.5. The van der Waals surface area contributed by atoms with Gasteiger partial charge in [0.05, 0.1) is 26.7 Å². The predicted octanol–water partition coefficient (Wildman–Crippen LogP) is 4.22. The standard InChI is InChI=1S/C21H23ClFN7OS.C2HF3O2/c1-20(2)19(24)27-21(3,12-32(20,31)25-4)15-9-13(5-7-16(15)23)17-11-30(29-28-17)18-8-6-14(22)10-26-18;3-2(4,5)1(6)7/h5-11H,12H2,1-4H3,(H2,24,27);(H,6,7)/t21-,32?;/m0./s1. The Morgan fingerprint density at radius 1 is 1.23 bits per heavy atom. The molecule has 0 aliphatic carbocycles. The number of nitrogens with two attached hydrogens (primary N) is 1. The van der Waals surface area contributed by atoms with E-state index in [0.717, 1.165) is 0 Å². The van der Waals surface area contributed by atoms with Gasteiger partial charge in [0.25, 0.3) is 0 Å². The van der Waals surface area contributed by atoms with Crippen molar-refractivity contribution >= 4 is 33.1 Å². The molecule has 0 radical (unpaired) electrons. The van der Waals surface area contributed by atoms with Gasteiger partial charge in [-0.2, -0.15) is 13.2 Å². The van der Waals surface area contributed by atoms with Gasteiger partial charge in [0, 0.05) is 24.4 Å². The third kappa shape index (κ3) is 6.03. The normalized spacial score (nSPS) is 22.3. The number of halogens is 5. The Morgan fingerprint density at radius 2 is 1.87 bits per heavy atom. The van der Waals surface area contributed by atoms with Gasteiger partial charge in [-0.3, -0.25) is 4.99 Å². The smallest absolute Gasteiger partial charge is 0.475 e. The van der Waals surface area contributed by atoms with Crippen LogP contribution in [-0.4, -0.2) is 64.8 Å². The fourth-order valence-electron chi connectivity index (χ4n) is 3.70. The van der Waals surface area contributed by atoms with Crippen molar-refractivity contribution in [2.75, 3.05) is 12.8 Å². The number of benzene rings is 1. The van der Waals surface area contributed by atoms with Gasteiger partial charge in [0.15, 0.2) is 5.82 Å². The number of aromatic nitrogens is 4. The minimum absolute atomic E-state index is 0.0476. The quantitative estimate of drug-likeness (QED) is 0.434. The highest BCUT2D eigenvalue weighted by molar-refractivity contribution is 7.95. The Balaban J connectivity index is 0.000000532. The van der Waals surface area contributed by atoms with E-state index in [1.54, 1.807) is 51.2 Å². The van der Waals surface area contributed by atoms with Crippen molar-refractivity contribution in [1.82, 2.24) is 20.0 Å². The van der Waals surface area contributed by atoms with Crippen LogP contribution in [0.4, 0.5) is 17.6 Å². The van der Waals surface area contributed by atoms with Crippen LogP contribution in [0.1, 0.15) is 26.3 Å². The van der Waals surface area contributed by atoms with Crippen molar-refractivity contribution in [3.8, 4) is 17.1 Å². The third-order valence-electron chi connectivity index (χ3n) is 6.08. The van der Waals surface area contributed by atoms with Crippen molar-refractivity contribution in [3.63, 3.8) is 0 Å². The second kappa shape index (κ2) is 10.5. The number of nitrogens with zero attached hydrogens (tertiary/aromatic N) is 6. The molecular weight excluding hydrogens is 566 g/mol. The lowest BCUT2D eigenvalue weighted by Gasteiger charge is -2.40. The molecule has 0 saturated heterocycles. The van der Waals surface area contributed by atoms with Gasteiger partial charge in [-0.25, -0.2) is 27.4 Å². The fraction of sp³-hybridized carbons (Fsp3) is 0.348. The number of aliphatic carboxylic acids is 1. The molecule has 210 valence electrons. The van der Waals surface area contributed by atoms with E-state index in [2.05, 4.69) is 24.7 Å². The lowest BCUT2D eigenvalue weighted by molar-refractivity contribution is -0.192. The first-order valence-electron chi connectivity index (χ1n) is 11.1. The molecule has 0 spiro atoms. The van der Waals surface area contributed by atoms with Gasteiger partial charge in [-0.05, 0) is 51.1 Å². The van der Waals surface area contributed by atoms with Crippen LogP contribution in [0.15, 0.2) is 52.1 Å². The summed E-state index contributed by atoms with van der Waals surface area (Å²) < 4.78 is 65.1. The second-order valence-electron chi connectivity index (χ2n) is 9.13. The molecule has 0 bridgehead atoms. The SMILES string of the molecule is CN=S1(=O)C[C@@](C)(c2cc(-c3cn(-c4ccc(Cl)cn4)nn3)ccc2F)N=C(N)C1(C)C.O=C(O)C(F)(F)F. The summed E-state index contributed by atoms with van der Waals surface area (Å²) in [7, 11) is -1.29. The Hall–Kier alpha value is -3.59. The maximum atomic E-state index is 15.0. The van der Waals surface area contributed by atoms with Crippen LogP contribution in [0, 0.1) is 5.82 Å². The minimum Gasteiger partial charge on any atom is -0.475 e. The van der Waals surface area contributed by atoms with E-state index < -0.39 is 38.0 Å². The summed E-state index contributed by atoms with van der Waals surface area (Å²) >= 11 is 5.89. The molecule has 3 N–H and O–H groups in total. The van der Waals surface area contributed by atoms with Crippen LogP contribution < -0.4 is 5.73 Å². The number of amidine groups is 1.